The van der Waals surface area contributed by atoms with Crippen LogP contribution in [-0.2, 0) is 0 Å². The summed E-state index contributed by atoms with van der Waals surface area (Å²) >= 11 is 0. The number of hydrogen-bond acceptors (Lipinski definition) is 1. The molecule has 0 aliphatic carbocycles. The number of hydrogen-bond donors (Lipinski definition) is 1. The maximum absolute atomic E-state index is 11.1. The van der Waals surface area contributed by atoms with Crippen molar-refractivity contribution in [3.05, 3.63) is 11.8 Å². The average Bonchev–Trinajstić information content (AvgIpc) is 1.62. The lowest BCUT2D eigenvalue weighted by Gasteiger charge is -2.01. The maximum atomic E-state index is 11.1. The Balaban J connectivity index is 4.03. The van der Waals surface area contributed by atoms with E-state index in [9.17, 15) is 13.2 Å². The summed E-state index contributed by atoms with van der Waals surface area (Å²) in [7, 11) is 0. The fourth-order valence-corrected chi connectivity index (χ4v) is 0.164. The fourth-order valence-electron chi connectivity index (χ4n) is 0.164. The van der Waals surface area contributed by atoms with Gasteiger partial charge in [-0.05, 0) is 13.0 Å². The largest absolute Gasteiger partial charge is 0.504 e. The number of alkyl halides is 3. The van der Waals surface area contributed by atoms with Crippen molar-refractivity contribution >= 4 is 0 Å². The van der Waals surface area contributed by atoms with E-state index in [-0.39, 0.29) is 0 Å². The van der Waals surface area contributed by atoms with Crippen molar-refractivity contribution in [1.82, 2.24) is 0 Å². The molecule has 0 saturated carbocycles. The van der Waals surface area contributed by atoms with Gasteiger partial charge in [0.15, 0.2) is 5.76 Å². The summed E-state index contributed by atoms with van der Waals surface area (Å²) in [5.74, 6) is -1.54. The molecule has 8 heavy (non-hydrogen) atoms. The van der Waals surface area contributed by atoms with E-state index < -0.39 is 11.9 Å². The standard InChI is InChI=1S/C4H5F3O/c1-2-3(8)4(5,6)7/h2,8H,1H3/b3-2-. The van der Waals surface area contributed by atoms with Crippen LogP contribution in [0, 0.1) is 0 Å². The second kappa shape index (κ2) is 2.07. The summed E-state index contributed by atoms with van der Waals surface area (Å²) in [6.07, 6.45) is -3.98. The molecule has 4 heteroatoms. The predicted molar refractivity (Wildman–Crippen MR) is 22.4 cm³/mol. The highest BCUT2D eigenvalue weighted by molar-refractivity contribution is 4.95. The molecular formula is C4H5F3O. The van der Waals surface area contributed by atoms with Crippen LogP contribution in [0.5, 0.6) is 0 Å². The molecule has 1 N–H and O–H groups in total. The monoisotopic (exact) mass is 126 g/mol. The Labute approximate surface area is 44.4 Å². The lowest BCUT2D eigenvalue weighted by molar-refractivity contribution is -0.120. The molecule has 0 atom stereocenters. The van der Waals surface area contributed by atoms with Crippen molar-refractivity contribution in [3.8, 4) is 0 Å². The predicted octanol–water partition coefficient (Wildman–Crippen LogP) is 2.01. The molecule has 0 aromatic carbocycles. The zero-order valence-corrected chi connectivity index (χ0v) is 4.16. The van der Waals surface area contributed by atoms with E-state index >= 15 is 0 Å². The van der Waals surface area contributed by atoms with Gasteiger partial charge in [-0.1, -0.05) is 0 Å². The SMILES string of the molecule is C/C=C(\O)C(F)(F)F. The average molecular weight is 126 g/mol. The van der Waals surface area contributed by atoms with Crippen molar-refractivity contribution in [2.45, 2.75) is 13.1 Å². The quantitative estimate of drug-likeness (QED) is 0.492. The van der Waals surface area contributed by atoms with Crippen molar-refractivity contribution in [3.63, 3.8) is 0 Å². The Morgan fingerprint density at radius 1 is 1.50 bits per heavy atom. The first-order valence-corrected chi connectivity index (χ1v) is 1.91. The van der Waals surface area contributed by atoms with Crippen molar-refractivity contribution in [2.75, 3.05) is 0 Å². The van der Waals surface area contributed by atoms with E-state index in [2.05, 4.69) is 0 Å². The Morgan fingerprint density at radius 3 is 1.88 bits per heavy atom. The third kappa shape index (κ3) is 1.86. The van der Waals surface area contributed by atoms with Crippen molar-refractivity contribution in [2.24, 2.45) is 0 Å². The summed E-state index contributed by atoms with van der Waals surface area (Å²) in [5.41, 5.74) is 0. The Hall–Kier alpha value is -0.670. The van der Waals surface area contributed by atoms with Crippen LogP contribution < -0.4 is 0 Å². The smallest absolute Gasteiger partial charge is 0.448 e. The van der Waals surface area contributed by atoms with Crippen LogP contribution >= 0.6 is 0 Å². The molecule has 0 rings (SSSR count). The molecule has 1 nitrogen and oxygen atoms in total. The third-order valence-electron chi connectivity index (χ3n) is 0.564. The minimum Gasteiger partial charge on any atom is -0.504 e. The van der Waals surface area contributed by atoms with E-state index in [0.29, 0.717) is 6.08 Å². The molecule has 0 bridgehead atoms. The molecule has 0 aliphatic heterocycles. The van der Waals surface area contributed by atoms with Crippen molar-refractivity contribution < 1.29 is 18.3 Å². The molecule has 0 spiro atoms. The van der Waals surface area contributed by atoms with Crippen LogP contribution in [0.25, 0.3) is 0 Å². The first kappa shape index (κ1) is 7.33. The van der Waals surface area contributed by atoms with Gasteiger partial charge in [0.05, 0.1) is 0 Å². The minimum atomic E-state index is -4.57. The van der Waals surface area contributed by atoms with E-state index in [0.717, 1.165) is 6.92 Å². The minimum absolute atomic E-state index is 0.597. The van der Waals surface area contributed by atoms with Gasteiger partial charge in [-0.3, -0.25) is 0 Å². The number of allylic oxidation sites excluding steroid dienone is 2. The number of aliphatic hydroxyl groups is 1. The third-order valence-corrected chi connectivity index (χ3v) is 0.564. The molecule has 0 unspecified atom stereocenters. The highest BCUT2D eigenvalue weighted by atomic mass is 19.4. The van der Waals surface area contributed by atoms with Crippen LogP contribution in [0.4, 0.5) is 13.2 Å². The van der Waals surface area contributed by atoms with Gasteiger partial charge < -0.3 is 5.11 Å². The van der Waals surface area contributed by atoms with Gasteiger partial charge in [0.2, 0.25) is 0 Å². The molecule has 48 valence electrons. The molecule has 0 aromatic rings. The molecule has 0 saturated heterocycles. The lowest BCUT2D eigenvalue weighted by atomic mass is 10.5. The first-order chi connectivity index (χ1) is 3.48. The summed E-state index contributed by atoms with van der Waals surface area (Å²) < 4.78 is 33.4. The summed E-state index contributed by atoms with van der Waals surface area (Å²) in [5, 5.41) is 7.93. The summed E-state index contributed by atoms with van der Waals surface area (Å²) in [6, 6.07) is 0. The zero-order valence-electron chi connectivity index (χ0n) is 4.16. The fraction of sp³-hybridized carbons (Fsp3) is 0.500. The molecule has 0 fully saturated rings. The second-order valence-corrected chi connectivity index (χ2v) is 1.17. The van der Waals surface area contributed by atoms with Gasteiger partial charge in [-0.2, -0.15) is 13.2 Å². The summed E-state index contributed by atoms with van der Waals surface area (Å²) in [4.78, 5) is 0. The van der Waals surface area contributed by atoms with Gasteiger partial charge in [0, 0.05) is 0 Å². The van der Waals surface area contributed by atoms with E-state index in [1.807, 2.05) is 0 Å². The molecule has 0 amide bonds. The summed E-state index contributed by atoms with van der Waals surface area (Å²) in [6.45, 7) is 1.11. The number of halogens is 3. The number of rotatable bonds is 0. The van der Waals surface area contributed by atoms with Gasteiger partial charge in [-0.15, -0.1) is 0 Å². The van der Waals surface area contributed by atoms with Gasteiger partial charge in [0.25, 0.3) is 0 Å². The molecule has 0 aromatic heterocycles. The molecule has 0 aliphatic rings. The van der Waals surface area contributed by atoms with Crippen LogP contribution in [0.2, 0.25) is 0 Å². The number of aliphatic hydroxyl groups excluding tert-OH is 1. The molecular weight excluding hydrogens is 121 g/mol. The topological polar surface area (TPSA) is 20.2 Å². The van der Waals surface area contributed by atoms with Gasteiger partial charge in [-0.25, -0.2) is 0 Å². The highest BCUT2D eigenvalue weighted by Crippen LogP contribution is 2.22. The van der Waals surface area contributed by atoms with Gasteiger partial charge >= 0.3 is 6.18 Å². The lowest BCUT2D eigenvalue weighted by Crippen LogP contribution is -2.10. The van der Waals surface area contributed by atoms with Crippen LogP contribution in [0.1, 0.15) is 6.92 Å². The molecule has 0 heterocycles. The van der Waals surface area contributed by atoms with E-state index in [1.54, 1.807) is 0 Å². The van der Waals surface area contributed by atoms with Crippen LogP contribution in [0.15, 0.2) is 11.8 Å². The van der Waals surface area contributed by atoms with Crippen LogP contribution in [0.3, 0.4) is 0 Å². The maximum Gasteiger partial charge on any atom is 0.448 e. The Morgan fingerprint density at radius 2 is 1.88 bits per heavy atom. The zero-order chi connectivity index (χ0) is 6.78. The normalized spacial score (nSPS) is 14.2. The van der Waals surface area contributed by atoms with Gasteiger partial charge in [0.1, 0.15) is 0 Å². The second-order valence-electron chi connectivity index (χ2n) is 1.17. The van der Waals surface area contributed by atoms with Crippen molar-refractivity contribution in [1.29, 1.82) is 0 Å². The van der Waals surface area contributed by atoms with E-state index in [1.165, 1.54) is 0 Å². The first-order valence-electron chi connectivity index (χ1n) is 1.91. The molecule has 0 radical (unpaired) electrons. The highest BCUT2D eigenvalue weighted by Gasteiger charge is 2.32. The van der Waals surface area contributed by atoms with E-state index in [4.69, 9.17) is 5.11 Å². The Kier molecular flexibility index (Phi) is 1.89. The van der Waals surface area contributed by atoms with Crippen LogP contribution in [-0.4, -0.2) is 11.3 Å². The Bertz CT molecular complexity index is 102.